The molecule has 3 nitrogen and oxygen atoms in total. The quantitative estimate of drug-likeness (QED) is 0.884. The molecule has 2 N–H and O–H groups in total. The van der Waals surface area contributed by atoms with E-state index in [9.17, 15) is 4.79 Å². The number of nitrogens with one attached hydrogen (secondary N) is 2. The SMILES string of the molecule is Cc1ccc(C)c(NC(=O)CNc2ccc(Br)cc2)c1. The van der Waals surface area contributed by atoms with Crippen LogP contribution in [-0.2, 0) is 4.79 Å². The van der Waals surface area contributed by atoms with Gasteiger partial charge in [-0.3, -0.25) is 4.79 Å². The fourth-order valence-electron chi connectivity index (χ4n) is 1.81. The molecule has 4 heteroatoms. The van der Waals surface area contributed by atoms with Gasteiger partial charge in [-0.1, -0.05) is 28.1 Å². The summed E-state index contributed by atoms with van der Waals surface area (Å²) >= 11 is 3.38. The summed E-state index contributed by atoms with van der Waals surface area (Å²) in [4.78, 5) is 11.9. The Hall–Kier alpha value is -1.81. The number of aryl methyl sites for hydroxylation is 2. The van der Waals surface area contributed by atoms with Crippen molar-refractivity contribution in [3.8, 4) is 0 Å². The van der Waals surface area contributed by atoms with E-state index in [-0.39, 0.29) is 12.5 Å². The zero-order valence-electron chi connectivity index (χ0n) is 11.5. The van der Waals surface area contributed by atoms with Crippen LogP contribution in [0.3, 0.4) is 0 Å². The van der Waals surface area contributed by atoms with Gasteiger partial charge in [0.1, 0.15) is 0 Å². The second-order valence-electron chi connectivity index (χ2n) is 4.73. The first-order valence-corrected chi connectivity index (χ1v) is 7.20. The molecule has 1 amide bonds. The predicted molar refractivity (Wildman–Crippen MR) is 87.2 cm³/mol. The van der Waals surface area contributed by atoms with E-state index in [1.54, 1.807) is 0 Å². The van der Waals surface area contributed by atoms with Crippen LogP contribution < -0.4 is 10.6 Å². The molecule has 0 saturated heterocycles. The van der Waals surface area contributed by atoms with Crippen molar-refractivity contribution in [3.63, 3.8) is 0 Å². The number of benzene rings is 2. The number of hydrogen-bond donors (Lipinski definition) is 2. The summed E-state index contributed by atoms with van der Waals surface area (Å²) in [5.74, 6) is -0.0541. The van der Waals surface area contributed by atoms with Crippen LogP contribution in [0.25, 0.3) is 0 Å². The Morgan fingerprint density at radius 2 is 1.80 bits per heavy atom. The summed E-state index contributed by atoms with van der Waals surface area (Å²) in [6.07, 6.45) is 0. The van der Waals surface area contributed by atoms with Crippen LogP contribution in [0.4, 0.5) is 11.4 Å². The number of carbonyl (C=O) groups excluding carboxylic acids is 1. The van der Waals surface area contributed by atoms with Crippen LogP contribution in [0.5, 0.6) is 0 Å². The molecule has 0 unspecified atom stereocenters. The Balaban J connectivity index is 1.92. The lowest BCUT2D eigenvalue weighted by atomic mass is 10.1. The lowest BCUT2D eigenvalue weighted by molar-refractivity contribution is -0.114. The summed E-state index contributed by atoms with van der Waals surface area (Å²) in [6, 6.07) is 13.7. The lowest BCUT2D eigenvalue weighted by Gasteiger charge is -2.10. The van der Waals surface area contributed by atoms with Crippen molar-refractivity contribution in [2.45, 2.75) is 13.8 Å². The number of hydrogen-bond acceptors (Lipinski definition) is 2. The Labute approximate surface area is 127 Å². The molecule has 0 radical (unpaired) electrons. The van der Waals surface area contributed by atoms with Gasteiger partial charge in [-0.15, -0.1) is 0 Å². The van der Waals surface area contributed by atoms with E-state index < -0.39 is 0 Å². The number of anilines is 2. The van der Waals surface area contributed by atoms with Crippen molar-refractivity contribution < 1.29 is 4.79 Å². The van der Waals surface area contributed by atoms with Gasteiger partial charge >= 0.3 is 0 Å². The van der Waals surface area contributed by atoms with Crippen molar-refractivity contribution in [3.05, 3.63) is 58.1 Å². The maximum atomic E-state index is 11.9. The molecular formula is C16H17BrN2O. The molecule has 0 aromatic heterocycles. The molecule has 104 valence electrons. The smallest absolute Gasteiger partial charge is 0.243 e. The first-order valence-electron chi connectivity index (χ1n) is 6.41. The molecule has 2 aromatic rings. The molecule has 2 rings (SSSR count). The van der Waals surface area contributed by atoms with Crippen molar-refractivity contribution in [1.82, 2.24) is 0 Å². The molecule has 0 fully saturated rings. The number of carbonyl (C=O) groups is 1. The molecule has 0 heterocycles. The molecule has 0 aliphatic heterocycles. The van der Waals surface area contributed by atoms with Crippen molar-refractivity contribution in [1.29, 1.82) is 0 Å². The highest BCUT2D eigenvalue weighted by Crippen LogP contribution is 2.17. The Morgan fingerprint density at radius 1 is 1.10 bits per heavy atom. The van der Waals surface area contributed by atoms with E-state index in [4.69, 9.17) is 0 Å². The van der Waals surface area contributed by atoms with Gasteiger partial charge in [-0.25, -0.2) is 0 Å². The standard InChI is InChI=1S/C16H17BrN2O/c1-11-3-4-12(2)15(9-11)19-16(20)10-18-14-7-5-13(17)6-8-14/h3-9,18H,10H2,1-2H3,(H,19,20). The van der Waals surface area contributed by atoms with Crippen LogP contribution in [0.2, 0.25) is 0 Å². The molecule has 0 spiro atoms. The average molecular weight is 333 g/mol. The van der Waals surface area contributed by atoms with Crippen molar-refractivity contribution in [2.75, 3.05) is 17.2 Å². The van der Waals surface area contributed by atoms with Gasteiger partial charge in [0.2, 0.25) is 5.91 Å². The van der Waals surface area contributed by atoms with Gasteiger partial charge in [-0.05, 0) is 55.3 Å². The van der Waals surface area contributed by atoms with Crippen molar-refractivity contribution >= 4 is 33.2 Å². The zero-order valence-corrected chi connectivity index (χ0v) is 13.1. The minimum absolute atomic E-state index is 0.0541. The molecule has 0 atom stereocenters. The molecule has 0 bridgehead atoms. The minimum Gasteiger partial charge on any atom is -0.376 e. The maximum Gasteiger partial charge on any atom is 0.243 e. The topological polar surface area (TPSA) is 41.1 Å². The third-order valence-electron chi connectivity index (χ3n) is 2.96. The third kappa shape index (κ3) is 4.10. The number of rotatable bonds is 4. The van der Waals surface area contributed by atoms with Gasteiger partial charge in [0.25, 0.3) is 0 Å². The monoisotopic (exact) mass is 332 g/mol. The molecule has 20 heavy (non-hydrogen) atoms. The molecule has 0 saturated carbocycles. The van der Waals surface area contributed by atoms with Gasteiger partial charge in [-0.2, -0.15) is 0 Å². The average Bonchev–Trinajstić information content (AvgIpc) is 2.42. The van der Waals surface area contributed by atoms with Crippen molar-refractivity contribution in [2.24, 2.45) is 0 Å². The van der Waals surface area contributed by atoms with E-state index in [1.165, 1.54) is 0 Å². The summed E-state index contributed by atoms with van der Waals surface area (Å²) in [6.45, 7) is 4.24. The molecule has 0 aliphatic rings. The van der Waals surface area contributed by atoms with Gasteiger partial charge in [0.05, 0.1) is 6.54 Å². The van der Waals surface area contributed by atoms with Gasteiger partial charge < -0.3 is 10.6 Å². The summed E-state index contributed by atoms with van der Waals surface area (Å²) in [5.41, 5.74) is 3.98. The lowest BCUT2D eigenvalue weighted by Crippen LogP contribution is -2.22. The second-order valence-corrected chi connectivity index (χ2v) is 5.64. The van der Waals surface area contributed by atoms with Gasteiger partial charge in [0.15, 0.2) is 0 Å². The summed E-state index contributed by atoms with van der Waals surface area (Å²) in [7, 11) is 0. The predicted octanol–water partition coefficient (Wildman–Crippen LogP) is 4.12. The highest BCUT2D eigenvalue weighted by Gasteiger charge is 2.05. The first kappa shape index (κ1) is 14.6. The Morgan fingerprint density at radius 3 is 2.50 bits per heavy atom. The van der Waals surface area contributed by atoms with Crippen LogP contribution >= 0.6 is 15.9 Å². The summed E-state index contributed by atoms with van der Waals surface area (Å²) < 4.78 is 1.02. The summed E-state index contributed by atoms with van der Waals surface area (Å²) in [5, 5.41) is 6.02. The first-order chi connectivity index (χ1) is 9.54. The van der Waals surface area contributed by atoms with E-state index >= 15 is 0 Å². The number of amides is 1. The Kier molecular flexibility index (Phi) is 4.79. The number of halogens is 1. The largest absolute Gasteiger partial charge is 0.376 e. The van der Waals surface area contributed by atoms with E-state index in [0.29, 0.717) is 0 Å². The minimum atomic E-state index is -0.0541. The van der Waals surface area contributed by atoms with E-state index in [1.807, 2.05) is 56.3 Å². The van der Waals surface area contributed by atoms with Gasteiger partial charge in [0, 0.05) is 15.8 Å². The fourth-order valence-corrected chi connectivity index (χ4v) is 2.08. The Bertz CT molecular complexity index is 608. The van der Waals surface area contributed by atoms with Crippen LogP contribution in [0, 0.1) is 13.8 Å². The molecule has 2 aromatic carbocycles. The van der Waals surface area contributed by atoms with Crippen LogP contribution in [0.15, 0.2) is 46.9 Å². The molecular weight excluding hydrogens is 316 g/mol. The maximum absolute atomic E-state index is 11.9. The normalized spacial score (nSPS) is 10.2. The van der Waals surface area contributed by atoms with Crippen LogP contribution in [0.1, 0.15) is 11.1 Å². The second kappa shape index (κ2) is 6.57. The zero-order chi connectivity index (χ0) is 14.5. The molecule has 0 aliphatic carbocycles. The van der Waals surface area contributed by atoms with E-state index in [0.717, 1.165) is 27.0 Å². The highest BCUT2D eigenvalue weighted by atomic mass is 79.9. The highest BCUT2D eigenvalue weighted by molar-refractivity contribution is 9.10. The fraction of sp³-hybridized carbons (Fsp3) is 0.188. The third-order valence-corrected chi connectivity index (χ3v) is 3.49. The van der Waals surface area contributed by atoms with E-state index in [2.05, 4.69) is 26.6 Å². The van der Waals surface area contributed by atoms with Crippen LogP contribution in [-0.4, -0.2) is 12.5 Å².